The van der Waals surface area contributed by atoms with Gasteiger partial charge in [0.1, 0.15) is 5.82 Å². The average Bonchev–Trinajstić information content (AvgIpc) is 2.77. The number of imidazole rings is 1. The molecule has 1 N–H and O–H groups in total. The molecule has 0 aliphatic rings. The number of fused-ring (bicyclic) bond motifs is 1. The van der Waals surface area contributed by atoms with Crippen LogP contribution in [0.1, 0.15) is 5.82 Å². The van der Waals surface area contributed by atoms with Crippen LogP contribution in [-0.2, 0) is 9.84 Å². The van der Waals surface area contributed by atoms with Crippen LogP contribution in [0.3, 0.4) is 0 Å². The Morgan fingerprint density at radius 1 is 1.05 bits per heavy atom. The maximum Gasteiger partial charge on any atom is 0.175 e. The second kappa shape index (κ2) is 4.45. The molecule has 0 unspecified atom stereocenters. The Labute approximate surface area is 117 Å². The molecule has 102 valence electrons. The highest BCUT2D eigenvalue weighted by Gasteiger charge is 2.09. The molecule has 0 bridgehead atoms. The first kappa shape index (κ1) is 12.9. The molecule has 0 saturated heterocycles. The molecule has 3 rings (SSSR count). The summed E-state index contributed by atoms with van der Waals surface area (Å²) in [5.74, 6) is 0.863. The van der Waals surface area contributed by atoms with Crippen molar-refractivity contribution < 1.29 is 8.42 Å². The van der Waals surface area contributed by atoms with E-state index in [-0.39, 0.29) is 0 Å². The lowest BCUT2D eigenvalue weighted by atomic mass is 10.1. The molecule has 4 nitrogen and oxygen atoms in total. The molecule has 1 heterocycles. The lowest BCUT2D eigenvalue weighted by Crippen LogP contribution is -1.96. The third-order valence-electron chi connectivity index (χ3n) is 3.20. The minimum absolute atomic E-state index is 0.330. The van der Waals surface area contributed by atoms with E-state index in [9.17, 15) is 8.42 Å². The number of sulfone groups is 1. The van der Waals surface area contributed by atoms with Gasteiger partial charge < -0.3 is 4.98 Å². The number of nitrogens with zero attached hydrogens (tertiary/aromatic N) is 1. The van der Waals surface area contributed by atoms with Gasteiger partial charge in [-0.05, 0) is 42.3 Å². The fourth-order valence-electron chi connectivity index (χ4n) is 2.22. The van der Waals surface area contributed by atoms with Gasteiger partial charge in [-0.15, -0.1) is 0 Å². The SMILES string of the molecule is Cc1nc2ccc(-c3cccc(S(C)(=O)=O)c3)cc2[nH]1. The normalized spacial score (nSPS) is 11.9. The standard InChI is InChI=1S/C15H14N2O2S/c1-10-16-14-7-6-12(9-15(14)17-10)11-4-3-5-13(8-11)20(2,18)19/h3-9H,1-2H3,(H,16,17). The molecule has 0 fully saturated rings. The molecule has 0 aliphatic carbocycles. The number of hydrogen-bond acceptors (Lipinski definition) is 3. The highest BCUT2D eigenvalue weighted by Crippen LogP contribution is 2.25. The third-order valence-corrected chi connectivity index (χ3v) is 4.31. The summed E-state index contributed by atoms with van der Waals surface area (Å²) < 4.78 is 23.2. The maximum atomic E-state index is 11.6. The number of aromatic amines is 1. The van der Waals surface area contributed by atoms with Crippen molar-refractivity contribution in [2.45, 2.75) is 11.8 Å². The quantitative estimate of drug-likeness (QED) is 0.787. The lowest BCUT2D eigenvalue weighted by molar-refractivity contribution is 0.602. The second-order valence-electron chi connectivity index (χ2n) is 4.85. The molecule has 0 radical (unpaired) electrons. The van der Waals surface area contributed by atoms with Gasteiger partial charge >= 0.3 is 0 Å². The van der Waals surface area contributed by atoms with E-state index in [2.05, 4.69) is 9.97 Å². The minimum Gasteiger partial charge on any atom is -0.342 e. The second-order valence-corrected chi connectivity index (χ2v) is 6.87. The number of rotatable bonds is 2. The summed E-state index contributed by atoms with van der Waals surface area (Å²) in [7, 11) is -3.19. The zero-order chi connectivity index (χ0) is 14.3. The largest absolute Gasteiger partial charge is 0.342 e. The zero-order valence-electron chi connectivity index (χ0n) is 11.2. The summed E-state index contributed by atoms with van der Waals surface area (Å²) in [6.07, 6.45) is 1.22. The molecule has 0 aliphatic heterocycles. The van der Waals surface area contributed by atoms with Gasteiger partial charge in [0.05, 0.1) is 15.9 Å². The molecule has 0 amide bonds. The van der Waals surface area contributed by atoms with Crippen molar-refractivity contribution in [3.05, 3.63) is 48.3 Å². The lowest BCUT2D eigenvalue weighted by Gasteiger charge is -2.04. The molecule has 20 heavy (non-hydrogen) atoms. The number of hydrogen-bond donors (Lipinski definition) is 1. The summed E-state index contributed by atoms with van der Waals surface area (Å²) in [6.45, 7) is 1.91. The van der Waals surface area contributed by atoms with Gasteiger partial charge in [-0.3, -0.25) is 0 Å². The van der Waals surface area contributed by atoms with Crippen LogP contribution in [0.4, 0.5) is 0 Å². The summed E-state index contributed by atoms with van der Waals surface area (Å²) in [4.78, 5) is 7.87. The Morgan fingerprint density at radius 2 is 1.80 bits per heavy atom. The van der Waals surface area contributed by atoms with Gasteiger partial charge in [-0.1, -0.05) is 18.2 Å². The molecule has 0 spiro atoms. The topological polar surface area (TPSA) is 62.8 Å². The maximum absolute atomic E-state index is 11.6. The smallest absolute Gasteiger partial charge is 0.175 e. The number of aryl methyl sites for hydroxylation is 1. The van der Waals surface area contributed by atoms with Crippen LogP contribution >= 0.6 is 0 Å². The van der Waals surface area contributed by atoms with Crippen LogP contribution < -0.4 is 0 Å². The number of nitrogens with one attached hydrogen (secondary N) is 1. The molecule has 0 atom stereocenters. The highest BCUT2D eigenvalue weighted by molar-refractivity contribution is 7.90. The first-order valence-corrected chi connectivity index (χ1v) is 8.09. The third kappa shape index (κ3) is 2.32. The monoisotopic (exact) mass is 286 g/mol. The Balaban J connectivity index is 2.15. The van der Waals surface area contributed by atoms with Crippen LogP contribution in [-0.4, -0.2) is 24.6 Å². The van der Waals surface area contributed by atoms with Crippen LogP contribution in [0.2, 0.25) is 0 Å². The van der Waals surface area contributed by atoms with Crippen molar-refractivity contribution in [2.24, 2.45) is 0 Å². The van der Waals surface area contributed by atoms with E-state index in [1.165, 1.54) is 6.26 Å². The van der Waals surface area contributed by atoms with Gasteiger partial charge in [-0.25, -0.2) is 13.4 Å². The van der Waals surface area contributed by atoms with E-state index in [1.54, 1.807) is 18.2 Å². The van der Waals surface area contributed by atoms with Crippen LogP contribution in [0.25, 0.3) is 22.2 Å². The molecular formula is C15H14N2O2S. The van der Waals surface area contributed by atoms with Crippen molar-refractivity contribution in [1.82, 2.24) is 9.97 Å². The van der Waals surface area contributed by atoms with E-state index >= 15 is 0 Å². The molecular weight excluding hydrogens is 272 g/mol. The van der Waals surface area contributed by atoms with Gasteiger partial charge in [0.2, 0.25) is 0 Å². The predicted molar refractivity (Wildman–Crippen MR) is 79.4 cm³/mol. The fourth-order valence-corrected chi connectivity index (χ4v) is 2.89. The Hall–Kier alpha value is -2.14. The Morgan fingerprint density at radius 3 is 2.55 bits per heavy atom. The van der Waals surface area contributed by atoms with Crippen LogP contribution in [0, 0.1) is 6.92 Å². The van der Waals surface area contributed by atoms with E-state index in [0.717, 1.165) is 28.0 Å². The van der Waals surface area contributed by atoms with Gasteiger partial charge in [0, 0.05) is 6.26 Å². The van der Waals surface area contributed by atoms with Gasteiger partial charge in [-0.2, -0.15) is 0 Å². The highest BCUT2D eigenvalue weighted by atomic mass is 32.2. The first-order valence-electron chi connectivity index (χ1n) is 6.20. The molecule has 1 aromatic heterocycles. The van der Waals surface area contributed by atoms with Crippen LogP contribution in [0.5, 0.6) is 0 Å². The molecule has 5 heteroatoms. The van der Waals surface area contributed by atoms with Crippen molar-refractivity contribution in [1.29, 1.82) is 0 Å². The van der Waals surface area contributed by atoms with Crippen molar-refractivity contribution in [2.75, 3.05) is 6.26 Å². The van der Waals surface area contributed by atoms with Crippen molar-refractivity contribution in [3.8, 4) is 11.1 Å². The summed E-state index contributed by atoms with van der Waals surface area (Å²) in [6, 6.07) is 12.8. The van der Waals surface area contributed by atoms with E-state index in [4.69, 9.17) is 0 Å². The fraction of sp³-hybridized carbons (Fsp3) is 0.133. The van der Waals surface area contributed by atoms with Crippen LogP contribution in [0.15, 0.2) is 47.4 Å². The number of aromatic nitrogens is 2. The Kier molecular flexibility index (Phi) is 2.87. The van der Waals surface area contributed by atoms with Gasteiger partial charge in [0.15, 0.2) is 9.84 Å². The van der Waals surface area contributed by atoms with E-state index in [0.29, 0.717) is 4.90 Å². The summed E-state index contributed by atoms with van der Waals surface area (Å²) >= 11 is 0. The number of benzene rings is 2. The molecule has 0 saturated carbocycles. The summed E-state index contributed by atoms with van der Waals surface area (Å²) in [5, 5.41) is 0. The summed E-state index contributed by atoms with van der Waals surface area (Å²) in [5.41, 5.74) is 3.70. The minimum atomic E-state index is -3.19. The molecule has 2 aromatic carbocycles. The number of H-pyrrole nitrogens is 1. The van der Waals surface area contributed by atoms with E-state index in [1.807, 2.05) is 31.2 Å². The zero-order valence-corrected chi connectivity index (χ0v) is 12.0. The van der Waals surface area contributed by atoms with Crippen molar-refractivity contribution in [3.63, 3.8) is 0 Å². The first-order chi connectivity index (χ1) is 9.43. The predicted octanol–water partition coefficient (Wildman–Crippen LogP) is 2.94. The van der Waals surface area contributed by atoms with E-state index < -0.39 is 9.84 Å². The van der Waals surface area contributed by atoms with Gasteiger partial charge in [0.25, 0.3) is 0 Å². The Bertz CT molecular complexity index is 895. The average molecular weight is 286 g/mol. The van der Waals surface area contributed by atoms with Crippen molar-refractivity contribution >= 4 is 20.9 Å². The molecule has 3 aromatic rings.